The number of anilines is 1. The zero-order chi connectivity index (χ0) is 22.8. The second-order valence-electron chi connectivity index (χ2n) is 8.56. The molecule has 0 spiro atoms. The number of nitrogens with zero attached hydrogens (tertiary/aromatic N) is 2. The molecule has 1 saturated heterocycles. The van der Waals surface area contributed by atoms with Crippen LogP contribution in [0.4, 0.5) is 5.69 Å². The largest absolute Gasteiger partial charge is 0.340 e. The van der Waals surface area contributed by atoms with Crippen LogP contribution in [0.2, 0.25) is 0 Å². The average Bonchev–Trinajstić information content (AvgIpc) is 2.95. The Kier molecular flexibility index (Phi) is 5.79. The van der Waals surface area contributed by atoms with Gasteiger partial charge < -0.3 is 15.5 Å². The first-order valence-electron chi connectivity index (χ1n) is 11.3. The van der Waals surface area contributed by atoms with Crippen molar-refractivity contribution in [3.05, 3.63) is 77.9 Å². The van der Waals surface area contributed by atoms with Gasteiger partial charge in [-0.05, 0) is 28.5 Å². The molecule has 3 aromatic carbocycles. The van der Waals surface area contributed by atoms with Crippen molar-refractivity contribution in [3.8, 4) is 0 Å². The van der Waals surface area contributed by atoms with Crippen LogP contribution in [0, 0.1) is 0 Å². The number of benzene rings is 3. The number of hydrogen-bond acceptors (Lipinski definition) is 4. The summed E-state index contributed by atoms with van der Waals surface area (Å²) in [4.78, 5) is 42.2. The highest BCUT2D eigenvalue weighted by Gasteiger charge is 2.31. The molecular formula is C26H26N4O3. The van der Waals surface area contributed by atoms with Crippen LogP contribution in [0.1, 0.15) is 22.3 Å². The molecule has 2 heterocycles. The van der Waals surface area contributed by atoms with Crippen LogP contribution in [0.15, 0.2) is 66.7 Å². The molecular weight excluding hydrogens is 416 g/mol. The number of carbonyl (C=O) groups excluding carboxylic acids is 3. The highest BCUT2D eigenvalue weighted by molar-refractivity contribution is 6.10. The summed E-state index contributed by atoms with van der Waals surface area (Å²) < 4.78 is 0. The van der Waals surface area contributed by atoms with Crippen molar-refractivity contribution in [2.75, 3.05) is 31.5 Å². The second-order valence-corrected chi connectivity index (χ2v) is 8.56. The molecule has 0 bridgehead atoms. The average molecular weight is 443 g/mol. The van der Waals surface area contributed by atoms with Gasteiger partial charge in [-0.3, -0.25) is 19.3 Å². The molecule has 1 unspecified atom stereocenters. The first-order valence-corrected chi connectivity index (χ1v) is 11.3. The van der Waals surface area contributed by atoms with E-state index in [1.165, 1.54) is 16.3 Å². The first-order chi connectivity index (χ1) is 16.1. The Morgan fingerprint density at radius 1 is 0.879 bits per heavy atom. The SMILES string of the molecule is O=C1NC(CC(=O)N2CCN(Cc3cccc4ccccc34)CC2)C(=O)Nc2ccccc21. The lowest BCUT2D eigenvalue weighted by molar-refractivity contribution is -0.135. The molecule has 0 saturated carbocycles. The Hall–Kier alpha value is -3.71. The molecule has 2 aliphatic heterocycles. The van der Waals surface area contributed by atoms with Gasteiger partial charge in [0.15, 0.2) is 0 Å². The lowest BCUT2D eigenvalue weighted by Crippen LogP contribution is -2.51. The smallest absolute Gasteiger partial charge is 0.254 e. The number of rotatable bonds is 4. The highest BCUT2D eigenvalue weighted by Crippen LogP contribution is 2.22. The summed E-state index contributed by atoms with van der Waals surface area (Å²) in [6.07, 6.45) is -0.0467. The van der Waals surface area contributed by atoms with Crippen LogP contribution in [0.5, 0.6) is 0 Å². The van der Waals surface area contributed by atoms with Gasteiger partial charge in [-0.1, -0.05) is 54.6 Å². The number of piperazine rings is 1. The van der Waals surface area contributed by atoms with Crippen molar-refractivity contribution in [3.63, 3.8) is 0 Å². The van der Waals surface area contributed by atoms with Crippen LogP contribution >= 0.6 is 0 Å². The molecule has 0 aromatic heterocycles. The van der Waals surface area contributed by atoms with Crippen molar-refractivity contribution in [2.24, 2.45) is 0 Å². The predicted molar refractivity (Wildman–Crippen MR) is 127 cm³/mol. The van der Waals surface area contributed by atoms with E-state index < -0.39 is 6.04 Å². The highest BCUT2D eigenvalue weighted by atomic mass is 16.2. The molecule has 5 rings (SSSR count). The summed E-state index contributed by atoms with van der Waals surface area (Å²) in [5, 5.41) is 7.95. The summed E-state index contributed by atoms with van der Waals surface area (Å²) in [7, 11) is 0. The van der Waals surface area contributed by atoms with E-state index in [-0.39, 0.29) is 24.1 Å². The fraction of sp³-hybridized carbons (Fsp3) is 0.269. The van der Waals surface area contributed by atoms with E-state index in [0.717, 1.165) is 19.6 Å². The number of carbonyl (C=O) groups is 3. The van der Waals surface area contributed by atoms with Crippen LogP contribution in [0.3, 0.4) is 0 Å². The molecule has 3 amide bonds. The maximum absolute atomic E-state index is 12.9. The third-order valence-electron chi connectivity index (χ3n) is 6.43. The van der Waals surface area contributed by atoms with Gasteiger partial charge in [0.05, 0.1) is 17.7 Å². The number of amides is 3. The topological polar surface area (TPSA) is 81.8 Å². The quantitative estimate of drug-likeness (QED) is 0.651. The number of nitrogens with one attached hydrogen (secondary N) is 2. The van der Waals surface area contributed by atoms with Crippen molar-refractivity contribution >= 4 is 34.2 Å². The Balaban J connectivity index is 1.18. The third kappa shape index (κ3) is 4.45. The molecule has 0 radical (unpaired) electrons. The zero-order valence-corrected chi connectivity index (χ0v) is 18.3. The maximum Gasteiger partial charge on any atom is 0.254 e. The van der Waals surface area contributed by atoms with E-state index in [1.807, 2.05) is 6.07 Å². The standard InChI is InChI=1S/C26H26N4O3/c31-24(16-23-26(33)27-22-11-4-3-10-21(22)25(32)28-23)30-14-12-29(13-15-30)17-19-8-5-7-18-6-1-2-9-20(18)19/h1-11,23H,12-17H2,(H,27,33)(H,28,32). The van der Waals surface area contributed by atoms with Crippen LogP contribution in [-0.2, 0) is 16.1 Å². The molecule has 0 aliphatic carbocycles. The predicted octanol–water partition coefficient (Wildman–Crippen LogP) is 2.62. The molecule has 1 fully saturated rings. The van der Waals surface area contributed by atoms with E-state index in [9.17, 15) is 14.4 Å². The zero-order valence-electron chi connectivity index (χ0n) is 18.3. The van der Waals surface area contributed by atoms with E-state index in [4.69, 9.17) is 0 Å². The molecule has 168 valence electrons. The van der Waals surface area contributed by atoms with E-state index in [0.29, 0.717) is 24.3 Å². The van der Waals surface area contributed by atoms with Gasteiger partial charge >= 0.3 is 0 Å². The summed E-state index contributed by atoms with van der Waals surface area (Å²) >= 11 is 0. The Morgan fingerprint density at radius 2 is 1.61 bits per heavy atom. The fourth-order valence-corrected chi connectivity index (χ4v) is 4.59. The molecule has 1 atom stereocenters. The third-order valence-corrected chi connectivity index (χ3v) is 6.43. The fourth-order valence-electron chi connectivity index (χ4n) is 4.59. The molecule has 3 aromatic rings. The minimum atomic E-state index is -0.883. The minimum Gasteiger partial charge on any atom is -0.340 e. The second kappa shape index (κ2) is 9.03. The van der Waals surface area contributed by atoms with Gasteiger partial charge in [0.1, 0.15) is 6.04 Å². The van der Waals surface area contributed by atoms with Gasteiger partial charge in [-0.25, -0.2) is 0 Å². The summed E-state index contributed by atoms with van der Waals surface area (Å²) in [5.74, 6) is -0.830. The Bertz CT molecular complexity index is 1210. The number of fused-ring (bicyclic) bond motifs is 2. The molecule has 7 heteroatoms. The van der Waals surface area contributed by atoms with Gasteiger partial charge in [0.2, 0.25) is 11.8 Å². The van der Waals surface area contributed by atoms with Crippen molar-refractivity contribution in [2.45, 2.75) is 19.0 Å². The summed E-state index contributed by atoms with van der Waals surface area (Å²) in [5.41, 5.74) is 2.16. The monoisotopic (exact) mass is 442 g/mol. The van der Waals surface area contributed by atoms with Gasteiger partial charge in [-0.2, -0.15) is 0 Å². The molecule has 2 N–H and O–H groups in total. The lowest BCUT2D eigenvalue weighted by atomic mass is 10.0. The molecule has 2 aliphatic rings. The van der Waals surface area contributed by atoms with E-state index >= 15 is 0 Å². The lowest BCUT2D eigenvalue weighted by Gasteiger charge is -2.35. The van der Waals surface area contributed by atoms with Gasteiger partial charge in [0, 0.05) is 32.7 Å². The Labute approximate surface area is 192 Å². The van der Waals surface area contributed by atoms with Crippen molar-refractivity contribution < 1.29 is 14.4 Å². The van der Waals surface area contributed by atoms with E-state index in [1.54, 1.807) is 29.2 Å². The van der Waals surface area contributed by atoms with Gasteiger partial charge in [-0.15, -0.1) is 0 Å². The molecule has 7 nitrogen and oxygen atoms in total. The van der Waals surface area contributed by atoms with Crippen LogP contribution in [0.25, 0.3) is 10.8 Å². The van der Waals surface area contributed by atoms with Crippen molar-refractivity contribution in [1.29, 1.82) is 0 Å². The first kappa shape index (κ1) is 21.2. The number of hydrogen-bond donors (Lipinski definition) is 2. The van der Waals surface area contributed by atoms with E-state index in [2.05, 4.69) is 51.9 Å². The van der Waals surface area contributed by atoms with Crippen molar-refractivity contribution in [1.82, 2.24) is 15.1 Å². The molecule has 33 heavy (non-hydrogen) atoms. The minimum absolute atomic E-state index is 0.0467. The van der Waals surface area contributed by atoms with Crippen LogP contribution < -0.4 is 10.6 Å². The Morgan fingerprint density at radius 3 is 2.45 bits per heavy atom. The summed E-state index contributed by atoms with van der Waals surface area (Å²) in [6.45, 7) is 3.58. The number of para-hydroxylation sites is 1. The van der Waals surface area contributed by atoms with Crippen LogP contribution in [-0.4, -0.2) is 59.7 Å². The normalized spacial score (nSPS) is 18.9. The van der Waals surface area contributed by atoms with Gasteiger partial charge in [0.25, 0.3) is 5.91 Å². The maximum atomic E-state index is 12.9. The summed E-state index contributed by atoms with van der Waals surface area (Å²) in [6, 6.07) is 20.7.